The average Bonchev–Trinajstić information content (AvgIpc) is 2.35. The van der Waals surface area contributed by atoms with Gasteiger partial charge in [0, 0.05) is 23.8 Å². The second-order valence-corrected chi connectivity index (χ2v) is 4.44. The van der Waals surface area contributed by atoms with Crippen molar-refractivity contribution in [1.82, 2.24) is 9.55 Å². The van der Waals surface area contributed by atoms with E-state index in [0.717, 1.165) is 4.90 Å². The van der Waals surface area contributed by atoms with Gasteiger partial charge >= 0.3 is 0 Å². The van der Waals surface area contributed by atoms with Crippen LogP contribution in [-0.2, 0) is 6.54 Å². The molecule has 0 atom stereocenters. The molecule has 0 saturated carbocycles. The molecule has 0 amide bonds. The van der Waals surface area contributed by atoms with Crippen molar-refractivity contribution in [3.8, 4) is 0 Å². The van der Waals surface area contributed by atoms with Gasteiger partial charge in [-0.25, -0.2) is 9.37 Å². The lowest BCUT2D eigenvalue weighted by molar-refractivity contribution is 0.626. The first kappa shape index (κ1) is 11.9. The summed E-state index contributed by atoms with van der Waals surface area (Å²) < 4.78 is 14.3. The molecule has 1 heterocycles. The van der Waals surface area contributed by atoms with Crippen LogP contribution in [0.5, 0.6) is 0 Å². The molecule has 2 rings (SSSR count). The van der Waals surface area contributed by atoms with E-state index in [1.807, 2.05) is 6.92 Å². The number of aromatic nitrogens is 2. The Morgan fingerprint density at radius 2 is 2.06 bits per heavy atom. The molecule has 0 spiro atoms. The summed E-state index contributed by atoms with van der Waals surface area (Å²) in [4.78, 5) is 16.7. The van der Waals surface area contributed by atoms with Crippen molar-refractivity contribution in [3.63, 3.8) is 0 Å². The van der Waals surface area contributed by atoms with Crippen LogP contribution in [0, 0.1) is 5.82 Å². The Morgan fingerprint density at radius 1 is 1.35 bits per heavy atom. The van der Waals surface area contributed by atoms with Gasteiger partial charge in [-0.05, 0) is 31.2 Å². The van der Waals surface area contributed by atoms with Gasteiger partial charge in [-0.15, -0.1) is 0 Å². The molecule has 17 heavy (non-hydrogen) atoms. The Balaban J connectivity index is 2.30. The highest BCUT2D eigenvalue weighted by Gasteiger charge is 2.05. The first-order valence-corrected chi connectivity index (χ1v) is 6.01. The molecule has 0 radical (unpaired) electrons. The van der Waals surface area contributed by atoms with Crippen LogP contribution in [0.2, 0.25) is 0 Å². The summed E-state index contributed by atoms with van der Waals surface area (Å²) in [6.07, 6.45) is 3.24. The van der Waals surface area contributed by atoms with E-state index in [4.69, 9.17) is 0 Å². The van der Waals surface area contributed by atoms with Gasteiger partial charge in [0.05, 0.1) is 0 Å². The second-order valence-electron chi connectivity index (χ2n) is 3.38. The van der Waals surface area contributed by atoms with Gasteiger partial charge in [-0.2, -0.15) is 0 Å². The molecule has 88 valence electrons. The zero-order chi connectivity index (χ0) is 12.3. The molecule has 0 fully saturated rings. The first-order valence-electron chi connectivity index (χ1n) is 5.19. The van der Waals surface area contributed by atoms with Crippen molar-refractivity contribution in [2.75, 3.05) is 0 Å². The molecule has 5 heteroatoms. The van der Waals surface area contributed by atoms with E-state index in [0.29, 0.717) is 11.6 Å². The summed E-state index contributed by atoms with van der Waals surface area (Å²) in [6, 6.07) is 5.99. The molecule has 3 nitrogen and oxygen atoms in total. The van der Waals surface area contributed by atoms with E-state index in [-0.39, 0.29) is 11.4 Å². The summed E-state index contributed by atoms with van der Waals surface area (Å²) in [5, 5.41) is 0.404. The molecule has 2 aromatic rings. The highest BCUT2D eigenvalue weighted by Crippen LogP contribution is 2.23. The molecule has 0 unspecified atom stereocenters. The predicted molar refractivity (Wildman–Crippen MR) is 64.7 cm³/mol. The Morgan fingerprint density at radius 3 is 2.71 bits per heavy atom. The van der Waals surface area contributed by atoms with Gasteiger partial charge in [0.2, 0.25) is 0 Å². The van der Waals surface area contributed by atoms with Crippen LogP contribution in [-0.4, -0.2) is 9.55 Å². The van der Waals surface area contributed by atoms with E-state index in [1.165, 1.54) is 23.9 Å². The van der Waals surface area contributed by atoms with Crippen LogP contribution in [0.4, 0.5) is 4.39 Å². The smallest absolute Gasteiger partial charge is 0.283 e. The maximum Gasteiger partial charge on any atom is 0.283 e. The quantitative estimate of drug-likeness (QED) is 0.839. The maximum absolute atomic E-state index is 12.7. The van der Waals surface area contributed by atoms with Crippen molar-refractivity contribution in [1.29, 1.82) is 0 Å². The van der Waals surface area contributed by atoms with E-state index in [1.54, 1.807) is 29.1 Å². The lowest BCUT2D eigenvalue weighted by atomic mass is 10.4. The number of nitrogens with zero attached hydrogens (tertiary/aromatic N) is 2. The number of benzene rings is 1. The lowest BCUT2D eigenvalue weighted by Gasteiger charge is -2.04. The monoisotopic (exact) mass is 250 g/mol. The molecule has 0 aliphatic carbocycles. The number of hydrogen-bond acceptors (Lipinski definition) is 3. The third kappa shape index (κ3) is 2.74. The van der Waals surface area contributed by atoms with E-state index < -0.39 is 0 Å². The minimum atomic E-state index is -0.290. The second kappa shape index (κ2) is 5.14. The first-order chi connectivity index (χ1) is 8.20. The van der Waals surface area contributed by atoms with Crippen molar-refractivity contribution in [2.45, 2.75) is 23.4 Å². The van der Waals surface area contributed by atoms with Crippen LogP contribution < -0.4 is 5.56 Å². The lowest BCUT2D eigenvalue weighted by Crippen LogP contribution is -2.20. The fraction of sp³-hybridized carbons (Fsp3) is 0.167. The fourth-order valence-corrected chi connectivity index (χ4v) is 2.17. The number of halogens is 1. The van der Waals surface area contributed by atoms with Crippen LogP contribution in [0.25, 0.3) is 0 Å². The predicted octanol–water partition coefficient (Wildman–Crippen LogP) is 2.55. The van der Waals surface area contributed by atoms with Crippen LogP contribution in [0.15, 0.2) is 51.4 Å². The van der Waals surface area contributed by atoms with Gasteiger partial charge in [-0.3, -0.25) is 4.79 Å². The number of hydrogen-bond donors (Lipinski definition) is 0. The van der Waals surface area contributed by atoms with Gasteiger partial charge in [-0.1, -0.05) is 11.8 Å². The Kier molecular flexibility index (Phi) is 3.58. The molecule has 0 aliphatic rings. The van der Waals surface area contributed by atoms with Crippen LogP contribution >= 0.6 is 11.8 Å². The summed E-state index contributed by atoms with van der Waals surface area (Å²) in [5.41, 5.74) is -0.121. The van der Waals surface area contributed by atoms with Gasteiger partial charge < -0.3 is 4.57 Å². The van der Waals surface area contributed by atoms with Crippen LogP contribution in [0.1, 0.15) is 6.92 Å². The highest BCUT2D eigenvalue weighted by molar-refractivity contribution is 7.99. The van der Waals surface area contributed by atoms with Gasteiger partial charge in [0.25, 0.3) is 5.56 Å². The zero-order valence-corrected chi connectivity index (χ0v) is 10.1. The standard InChI is InChI=1S/C12H11FN2OS/c1-2-15-8-7-14-11(12(15)16)17-10-5-3-9(13)4-6-10/h3-8H,2H2,1H3. The zero-order valence-electron chi connectivity index (χ0n) is 9.26. The Labute approximate surface area is 102 Å². The topological polar surface area (TPSA) is 34.9 Å². The third-order valence-electron chi connectivity index (χ3n) is 2.25. The Bertz CT molecular complexity index is 565. The van der Waals surface area contributed by atoms with Crippen molar-refractivity contribution < 1.29 is 4.39 Å². The molecule has 0 saturated heterocycles. The van der Waals surface area contributed by atoms with E-state index >= 15 is 0 Å². The van der Waals surface area contributed by atoms with Crippen molar-refractivity contribution in [3.05, 3.63) is 52.8 Å². The molecule has 1 aromatic carbocycles. The number of rotatable bonds is 3. The molecular formula is C12H11FN2OS. The average molecular weight is 250 g/mol. The normalized spacial score (nSPS) is 10.5. The van der Waals surface area contributed by atoms with Crippen molar-refractivity contribution in [2.24, 2.45) is 0 Å². The van der Waals surface area contributed by atoms with Crippen molar-refractivity contribution >= 4 is 11.8 Å². The maximum atomic E-state index is 12.7. The fourth-order valence-electron chi connectivity index (χ4n) is 1.36. The summed E-state index contributed by atoms with van der Waals surface area (Å²) in [6.45, 7) is 2.51. The van der Waals surface area contributed by atoms with E-state index in [9.17, 15) is 9.18 Å². The summed E-state index contributed by atoms with van der Waals surface area (Å²) in [7, 11) is 0. The molecule has 1 aromatic heterocycles. The Hall–Kier alpha value is -1.62. The summed E-state index contributed by atoms with van der Waals surface area (Å²) >= 11 is 1.24. The SMILES string of the molecule is CCn1ccnc(Sc2ccc(F)cc2)c1=O. The highest BCUT2D eigenvalue weighted by atomic mass is 32.2. The van der Waals surface area contributed by atoms with Gasteiger partial charge in [0.15, 0.2) is 5.03 Å². The number of aryl methyl sites for hydroxylation is 1. The largest absolute Gasteiger partial charge is 0.312 e. The minimum Gasteiger partial charge on any atom is -0.312 e. The molecule has 0 aliphatic heterocycles. The molecule has 0 bridgehead atoms. The molecule has 0 N–H and O–H groups in total. The van der Waals surface area contributed by atoms with E-state index in [2.05, 4.69) is 4.98 Å². The minimum absolute atomic E-state index is 0.121. The summed E-state index contributed by atoms with van der Waals surface area (Å²) in [5.74, 6) is -0.290. The third-order valence-corrected chi connectivity index (χ3v) is 3.23. The van der Waals surface area contributed by atoms with Crippen LogP contribution in [0.3, 0.4) is 0 Å². The van der Waals surface area contributed by atoms with Gasteiger partial charge in [0.1, 0.15) is 5.82 Å². The molecular weight excluding hydrogens is 239 g/mol.